The number of carbonyl (C=O) groups is 2. The van der Waals surface area contributed by atoms with Crippen LogP contribution >= 0.6 is 23.1 Å². The average molecular weight is 323 g/mol. The maximum absolute atomic E-state index is 12.0. The first-order valence-electron chi connectivity index (χ1n) is 6.37. The van der Waals surface area contributed by atoms with Crippen LogP contribution in [-0.4, -0.2) is 38.5 Å². The number of nitrogens with zero attached hydrogens (tertiary/aromatic N) is 1. The number of hydrogen-bond acceptors (Lipinski definition) is 5. The molecule has 0 bridgehead atoms. The molecular formula is C14H13NO4S2. The third kappa shape index (κ3) is 2.31. The van der Waals surface area contributed by atoms with Crippen molar-refractivity contribution in [3.05, 3.63) is 39.1 Å². The summed E-state index contributed by atoms with van der Waals surface area (Å²) < 4.78 is 0. The fourth-order valence-electron chi connectivity index (χ4n) is 2.47. The van der Waals surface area contributed by atoms with Crippen LogP contribution in [-0.2, 0) is 9.59 Å². The van der Waals surface area contributed by atoms with E-state index in [2.05, 4.69) is 0 Å². The zero-order valence-corrected chi connectivity index (χ0v) is 12.7. The number of β-lactam (4-membered cyclic amide) rings is 1. The first kappa shape index (κ1) is 14.4. The van der Waals surface area contributed by atoms with Crippen molar-refractivity contribution in [2.24, 2.45) is 5.92 Å². The van der Waals surface area contributed by atoms with Crippen LogP contribution < -0.4 is 0 Å². The number of thioether (sulfide) groups is 1. The van der Waals surface area contributed by atoms with Crippen LogP contribution in [0.1, 0.15) is 11.8 Å². The predicted molar refractivity (Wildman–Crippen MR) is 81.4 cm³/mol. The van der Waals surface area contributed by atoms with E-state index < -0.39 is 18.0 Å². The van der Waals surface area contributed by atoms with Gasteiger partial charge in [-0.1, -0.05) is 17.8 Å². The van der Waals surface area contributed by atoms with Crippen LogP contribution in [0, 0.1) is 5.92 Å². The van der Waals surface area contributed by atoms with E-state index in [-0.39, 0.29) is 17.0 Å². The van der Waals surface area contributed by atoms with Crippen molar-refractivity contribution in [1.82, 2.24) is 4.90 Å². The molecule has 7 heteroatoms. The highest BCUT2D eigenvalue weighted by molar-refractivity contribution is 8.04. The van der Waals surface area contributed by atoms with Gasteiger partial charge in [-0.05, 0) is 30.5 Å². The molecule has 3 atom stereocenters. The van der Waals surface area contributed by atoms with Crippen molar-refractivity contribution in [3.8, 4) is 0 Å². The van der Waals surface area contributed by atoms with Gasteiger partial charge in [0.25, 0.3) is 0 Å². The van der Waals surface area contributed by atoms with Crippen LogP contribution in [0.25, 0.3) is 6.08 Å². The van der Waals surface area contributed by atoms with Crippen LogP contribution in [0.5, 0.6) is 0 Å². The third-order valence-electron chi connectivity index (χ3n) is 3.47. The number of carboxylic acids is 1. The number of carbonyl (C=O) groups excluding carboxylic acids is 1. The summed E-state index contributed by atoms with van der Waals surface area (Å²) in [6.45, 7) is 1.56. The minimum Gasteiger partial charge on any atom is -0.477 e. The van der Waals surface area contributed by atoms with Crippen LogP contribution in [0.2, 0.25) is 0 Å². The second-order valence-corrected chi connectivity index (χ2v) is 6.99. The summed E-state index contributed by atoms with van der Waals surface area (Å²) in [7, 11) is 0. The van der Waals surface area contributed by atoms with E-state index in [1.54, 1.807) is 24.3 Å². The Morgan fingerprint density at radius 2 is 2.24 bits per heavy atom. The Hall–Kier alpha value is -1.57. The first-order chi connectivity index (χ1) is 10.0. The van der Waals surface area contributed by atoms with Gasteiger partial charge in [0.1, 0.15) is 11.1 Å². The summed E-state index contributed by atoms with van der Waals surface area (Å²) in [5.41, 5.74) is 0.0136. The molecule has 1 saturated heterocycles. The molecule has 0 spiro atoms. The van der Waals surface area contributed by atoms with Gasteiger partial charge in [0.05, 0.1) is 12.0 Å². The monoisotopic (exact) mass is 323 g/mol. The van der Waals surface area contributed by atoms with Gasteiger partial charge in [0.2, 0.25) is 5.91 Å². The quantitative estimate of drug-likeness (QED) is 0.828. The second kappa shape index (κ2) is 5.32. The minimum absolute atomic E-state index is 0.0136. The zero-order valence-electron chi connectivity index (χ0n) is 11.1. The van der Waals surface area contributed by atoms with E-state index in [4.69, 9.17) is 0 Å². The summed E-state index contributed by atoms with van der Waals surface area (Å²) in [6, 6.07) is 3.85. The summed E-state index contributed by atoms with van der Waals surface area (Å²) >= 11 is 2.87. The second-order valence-electron chi connectivity index (χ2n) is 4.85. The topological polar surface area (TPSA) is 77.8 Å². The molecule has 3 heterocycles. The van der Waals surface area contributed by atoms with E-state index in [9.17, 15) is 19.8 Å². The molecule has 0 saturated carbocycles. The van der Waals surface area contributed by atoms with Gasteiger partial charge in [-0.2, -0.15) is 0 Å². The molecule has 1 amide bonds. The number of aliphatic hydroxyl groups is 1. The Bertz CT molecular complexity index is 648. The van der Waals surface area contributed by atoms with Gasteiger partial charge < -0.3 is 10.2 Å². The Morgan fingerprint density at radius 1 is 1.48 bits per heavy atom. The van der Waals surface area contributed by atoms with E-state index >= 15 is 0 Å². The Balaban J connectivity index is 1.89. The number of carboxylic acid groups (broad SMARTS) is 1. The van der Waals surface area contributed by atoms with E-state index in [0.29, 0.717) is 4.91 Å². The molecule has 1 aromatic rings. The summed E-state index contributed by atoms with van der Waals surface area (Å²) in [5.74, 6) is -1.97. The number of thiophene rings is 1. The lowest BCUT2D eigenvalue weighted by atomic mass is 9.92. The lowest BCUT2D eigenvalue weighted by Crippen LogP contribution is -2.60. The van der Waals surface area contributed by atoms with E-state index in [0.717, 1.165) is 4.88 Å². The smallest absolute Gasteiger partial charge is 0.353 e. The highest BCUT2D eigenvalue weighted by Gasteiger charge is 2.57. The van der Waals surface area contributed by atoms with Crippen molar-refractivity contribution >= 4 is 41.1 Å². The molecule has 2 N–H and O–H groups in total. The molecule has 5 nitrogen and oxygen atoms in total. The number of aliphatic hydroxyl groups excluding tert-OH is 1. The van der Waals surface area contributed by atoms with E-state index in [1.165, 1.54) is 16.7 Å². The molecule has 1 aromatic heterocycles. The van der Waals surface area contributed by atoms with Gasteiger partial charge in [0.15, 0.2) is 0 Å². The van der Waals surface area contributed by atoms with Gasteiger partial charge >= 0.3 is 5.97 Å². The molecule has 3 rings (SSSR count). The molecular weight excluding hydrogens is 310 g/mol. The highest BCUT2D eigenvalue weighted by Crippen LogP contribution is 2.50. The van der Waals surface area contributed by atoms with Gasteiger partial charge in [-0.15, -0.1) is 11.3 Å². The zero-order chi connectivity index (χ0) is 15.1. The van der Waals surface area contributed by atoms with Crippen molar-refractivity contribution in [2.45, 2.75) is 18.4 Å². The molecule has 0 radical (unpaired) electrons. The molecule has 1 fully saturated rings. The number of aliphatic carboxylic acids is 1. The molecule has 2 aliphatic rings. The summed E-state index contributed by atoms with van der Waals surface area (Å²) in [6.07, 6.45) is 2.79. The SMILES string of the molecule is C[C@@H](O)[C@H]1C(=O)N2C(C(=O)O)=C(C=Cc3cccs3)S[C@H]12. The van der Waals surface area contributed by atoms with Gasteiger partial charge in [0, 0.05) is 9.78 Å². The van der Waals surface area contributed by atoms with Crippen molar-refractivity contribution in [1.29, 1.82) is 0 Å². The molecule has 0 aromatic carbocycles. The number of rotatable bonds is 4. The number of hydrogen-bond donors (Lipinski definition) is 2. The van der Waals surface area contributed by atoms with E-state index in [1.807, 2.05) is 23.6 Å². The average Bonchev–Trinajstić information content (AvgIpc) is 3.01. The highest BCUT2D eigenvalue weighted by atomic mass is 32.2. The van der Waals surface area contributed by atoms with Crippen molar-refractivity contribution in [2.75, 3.05) is 0 Å². The van der Waals surface area contributed by atoms with Gasteiger partial charge in [-0.25, -0.2) is 4.79 Å². The fraction of sp³-hybridized carbons (Fsp3) is 0.286. The van der Waals surface area contributed by atoms with Crippen LogP contribution in [0.3, 0.4) is 0 Å². The van der Waals surface area contributed by atoms with Crippen molar-refractivity contribution < 1.29 is 19.8 Å². The molecule has 0 unspecified atom stereocenters. The fourth-order valence-corrected chi connectivity index (χ4v) is 4.60. The molecule has 110 valence electrons. The lowest BCUT2D eigenvalue weighted by molar-refractivity contribution is -0.156. The standard InChI is InChI=1S/C14H13NO4S2/c1-7(16)10-12(17)15-11(14(18)19)9(21-13(10)15)5-4-8-3-2-6-20-8/h2-7,10,13,16H,1H3,(H,18,19)/t7-,10+,13-/m1/s1. The Labute approximate surface area is 129 Å². The van der Waals surface area contributed by atoms with Gasteiger partial charge in [-0.3, -0.25) is 9.69 Å². The largest absolute Gasteiger partial charge is 0.477 e. The summed E-state index contributed by atoms with van der Waals surface area (Å²) in [4.78, 5) is 26.3. The molecule has 21 heavy (non-hydrogen) atoms. The predicted octanol–water partition coefficient (Wildman–Crippen LogP) is 1.97. The lowest BCUT2D eigenvalue weighted by Gasteiger charge is -2.43. The van der Waals surface area contributed by atoms with Crippen LogP contribution in [0.4, 0.5) is 0 Å². The third-order valence-corrected chi connectivity index (χ3v) is 5.64. The van der Waals surface area contributed by atoms with Crippen LogP contribution in [0.15, 0.2) is 34.2 Å². The minimum atomic E-state index is -1.12. The Kier molecular flexibility index (Phi) is 3.64. The number of fused-ring (bicyclic) bond motifs is 1. The normalized spacial score (nSPS) is 26.2. The maximum Gasteiger partial charge on any atom is 0.353 e. The summed E-state index contributed by atoms with van der Waals surface area (Å²) in [5, 5.41) is 20.6. The number of amides is 1. The number of allylic oxidation sites excluding steroid dienone is 1. The first-order valence-corrected chi connectivity index (χ1v) is 8.13. The molecule has 0 aliphatic carbocycles. The van der Waals surface area contributed by atoms with Crippen molar-refractivity contribution in [3.63, 3.8) is 0 Å². The Morgan fingerprint density at radius 3 is 2.81 bits per heavy atom. The maximum atomic E-state index is 12.0. The molecule has 2 aliphatic heterocycles.